The Hall–Kier alpha value is -2.41. The van der Waals surface area contributed by atoms with Crippen molar-refractivity contribution < 1.29 is 9.90 Å². The molecule has 0 unspecified atom stereocenters. The molecule has 2 aromatic rings. The van der Waals surface area contributed by atoms with Crippen molar-refractivity contribution in [3.63, 3.8) is 0 Å². The number of aromatic nitrogens is 4. The lowest BCUT2D eigenvalue weighted by Crippen LogP contribution is -2.42. The molecule has 3 rings (SSSR count). The molecule has 0 spiro atoms. The molecule has 3 atom stereocenters. The van der Waals surface area contributed by atoms with Crippen molar-refractivity contribution in [1.82, 2.24) is 24.4 Å². The Morgan fingerprint density at radius 1 is 1.50 bits per heavy atom. The Morgan fingerprint density at radius 3 is 3.05 bits per heavy atom. The summed E-state index contributed by atoms with van der Waals surface area (Å²) in [7, 11) is 1.73. The maximum atomic E-state index is 12.2. The summed E-state index contributed by atoms with van der Waals surface area (Å²) in [5.74, 6) is -0.134. The number of hydrogen-bond donors (Lipinski definition) is 2. The third kappa shape index (κ3) is 2.80. The Bertz CT molecular complexity index is 635. The van der Waals surface area contributed by atoms with Crippen LogP contribution >= 0.6 is 0 Å². The summed E-state index contributed by atoms with van der Waals surface area (Å²) < 4.78 is 1.91. The number of hydrogen-bond acceptors (Lipinski definition) is 4. The maximum absolute atomic E-state index is 12.2. The van der Waals surface area contributed by atoms with E-state index in [-0.39, 0.29) is 18.0 Å². The summed E-state index contributed by atoms with van der Waals surface area (Å²) in [4.78, 5) is 24.7. The third-order valence-electron chi connectivity index (χ3n) is 4.22. The molecule has 1 fully saturated rings. The molecular formula is C15H19N5O2. The molecule has 1 saturated carbocycles. The van der Waals surface area contributed by atoms with Crippen LogP contribution in [0.15, 0.2) is 37.3 Å². The Morgan fingerprint density at radius 2 is 2.36 bits per heavy atom. The molecule has 2 aromatic heterocycles. The number of carbonyl (C=O) groups is 1. The van der Waals surface area contributed by atoms with E-state index in [1.807, 2.05) is 10.8 Å². The van der Waals surface area contributed by atoms with Gasteiger partial charge in [-0.15, -0.1) is 0 Å². The molecule has 0 radical (unpaired) electrons. The minimum Gasteiger partial charge on any atom is -0.389 e. The van der Waals surface area contributed by atoms with Crippen LogP contribution in [0, 0.1) is 0 Å². The lowest BCUT2D eigenvalue weighted by atomic mass is 10.1. The van der Waals surface area contributed by atoms with Gasteiger partial charge in [-0.05, 0) is 18.9 Å². The minimum absolute atomic E-state index is 0.0284. The van der Waals surface area contributed by atoms with Crippen molar-refractivity contribution in [1.29, 1.82) is 0 Å². The first-order valence-electron chi connectivity index (χ1n) is 7.25. The van der Waals surface area contributed by atoms with Gasteiger partial charge in [0.1, 0.15) is 0 Å². The highest BCUT2D eigenvalue weighted by molar-refractivity contribution is 5.91. The minimum atomic E-state index is -0.594. The van der Waals surface area contributed by atoms with Crippen LogP contribution in [0.25, 0.3) is 6.08 Å². The smallest absolute Gasteiger partial charge is 0.246 e. The van der Waals surface area contributed by atoms with E-state index in [4.69, 9.17) is 0 Å². The van der Waals surface area contributed by atoms with Gasteiger partial charge in [-0.2, -0.15) is 0 Å². The quantitative estimate of drug-likeness (QED) is 0.819. The van der Waals surface area contributed by atoms with Crippen LogP contribution in [0.5, 0.6) is 0 Å². The number of imidazole rings is 2. The van der Waals surface area contributed by atoms with Crippen LogP contribution in [0.3, 0.4) is 0 Å². The second-order valence-corrected chi connectivity index (χ2v) is 5.50. The van der Waals surface area contributed by atoms with Crippen molar-refractivity contribution in [3.8, 4) is 0 Å². The van der Waals surface area contributed by atoms with Crippen molar-refractivity contribution in [2.75, 3.05) is 7.05 Å². The number of aliphatic hydroxyl groups excluding tert-OH is 1. The number of H-pyrrole nitrogens is 1. The Balaban J connectivity index is 1.65. The fraction of sp³-hybridized carbons (Fsp3) is 0.400. The number of aromatic amines is 1. The number of rotatable bonds is 4. The lowest BCUT2D eigenvalue weighted by Gasteiger charge is -2.28. The number of carbonyl (C=O) groups excluding carboxylic acids is 1. The van der Waals surface area contributed by atoms with E-state index in [9.17, 15) is 9.90 Å². The molecule has 0 aliphatic heterocycles. The Labute approximate surface area is 128 Å². The van der Waals surface area contributed by atoms with Crippen LogP contribution in [-0.4, -0.2) is 54.6 Å². The lowest BCUT2D eigenvalue weighted by molar-refractivity contribution is -0.128. The van der Waals surface area contributed by atoms with Crippen molar-refractivity contribution >= 4 is 12.0 Å². The number of aliphatic hydroxyl groups is 1. The predicted octanol–water partition coefficient (Wildman–Crippen LogP) is 0.842. The zero-order valence-electron chi connectivity index (χ0n) is 12.3. The molecule has 1 amide bonds. The molecule has 1 aliphatic carbocycles. The summed E-state index contributed by atoms with van der Waals surface area (Å²) in [6.45, 7) is 0. The average molecular weight is 301 g/mol. The van der Waals surface area contributed by atoms with E-state index in [2.05, 4.69) is 15.0 Å². The monoisotopic (exact) mass is 301 g/mol. The highest BCUT2D eigenvalue weighted by Crippen LogP contribution is 2.33. The second-order valence-electron chi connectivity index (χ2n) is 5.50. The van der Waals surface area contributed by atoms with Crippen molar-refractivity contribution in [3.05, 3.63) is 43.0 Å². The largest absolute Gasteiger partial charge is 0.389 e. The van der Waals surface area contributed by atoms with Crippen molar-refractivity contribution in [2.24, 2.45) is 0 Å². The molecule has 0 bridgehead atoms. The molecule has 116 valence electrons. The predicted molar refractivity (Wildman–Crippen MR) is 80.7 cm³/mol. The van der Waals surface area contributed by atoms with E-state index in [0.29, 0.717) is 0 Å². The van der Waals surface area contributed by atoms with Gasteiger partial charge in [-0.3, -0.25) is 4.79 Å². The molecule has 2 heterocycles. The average Bonchev–Trinajstić information content (AvgIpc) is 3.25. The zero-order chi connectivity index (χ0) is 15.5. The SMILES string of the molecule is CN(C(=O)/C=C/c1cnc[nH]1)[C@@H]1CC[C@@H](n2ccnc2)[C@@H]1O. The van der Waals surface area contributed by atoms with Gasteiger partial charge < -0.3 is 19.6 Å². The highest BCUT2D eigenvalue weighted by Gasteiger charge is 2.38. The van der Waals surface area contributed by atoms with Crippen LogP contribution in [0.1, 0.15) is 24.6 Å². The van der Waals surface area contributed by atoms with Crippen molar-refractivity contribution in [2.45, 2.75) is 31.0 Å². The molecule has 7 heteroatoms. The van der Waals surface area contributed by atoms with E-state index in [1.165, 1.54) is 6.08 Å². The van der Waals surface area contributed by atoms with Gasteiger partial charge >= 0.3 is 0 Å². The van der Waals surface area contributed by atoms with E-state index in [0.717, 1.165) is 18.5 Å². The topological polar surface area (TPSA) is 87.0 Å². The summed E-state index contributed by atoms with van der Waals surface area (Å²) in [6.07, 6.45) is 12.6. The molecular weight excluding hydrogens is 282 g/mol. The number of nitrogens with zero attached hydrogens (tertiary/aromatic N) is 4. The standard InChI is InChI=1S/C15H19N5O2/c1-19(14(21)5-2-11-8-17-9-18-11)12-3-4-13(15(12)22)20-7-6-16-10-20/h2,5-10,12-13,15,22H,3-4H2,1H3,(H,17,18)/b5-2+/t12-,13-,15-/m1/s1. The van der Waals surface area contributed by atoms with E-state index in [1.54, 1.807) is 43.1 Å². The molecule has 0 aromatic carbocycles. The Kier molecular flexibility index (Phi) is 4.06. The van der Waals surface area contributed by atoms with Crippen LogP contribution < -0.4 is 0 Å². The van der Waals surface area contributed by atoms with Gasteiger partial charge in [0.05, 0.1) is 42.7 Å². The molecule has 1 aliphatic rings. The molecule has 22 heavy (non-hydrogen) atoms. The normalized spacial score (nSPS) is 24.9. The number of likely N-dealkylation sites (N-methyl/N-ethyl adjacent to an activating group) is 1. The summed E-state index contributed by atoms with van der Waals surface area (Å²) in [6, 6.07) is -0.217. The molecule has 7 nitrogen and oxygen atoms in total. The van der Waals surface area contributed by atoms with Gasteiger partial charge in [-0.25, -0.2) is 9.97 Å². The number of amides is 1. The summed E-state index contributed by atoms with van der Waals surface area (Å²) in [5, 5.41) is 10.5. The zero-order valence-corrected chi connectivity index (χ0v) is 12.3. The first-order valence-corrected chi connectivity index (χ1v) is 7.25. The van der Waals surface area contributed by atoms with E-state index >= 15 is 0 Å². The van der Waals surface area contributed by atoms with Gasteiger partial charge in [0.25, 0.3) is 0 Å². The second kappa shape index (κ2) is 6.15. The molecule has 0 saturated heterocycles. The summed E-state index contributed by atoms with van der Waals surface area (Å²) in [5.41, 5.74) is 0.769. The number of nitrogens with one attached hydrogen (secondary N) is 1. The fourth-order valence-electron chi connectivity index (χ4n) is 2.95. The van der Waals surface area contributed by atoms with Crippen LogP contribution in [-0.2, 0) is 4.79 Å². The van der Waals surface area contributed by atoms with E-state index < -0.39 is 6.10 Å². The first kappa shape index (κ1) is 14.5. The van der Waals surface area contributed by atoms with Crippen LogP contribution in [0.4, 0.5) is 0 Å². The van der Waals surface area contributed by atoms with Gasteiger partial charge in [0.15, 0.2) is 0 Å². The first-order chi connectivity index (χ1) is 10.7. The van der Waals surface area contributed by atoms with Gasteiger partial charge in [0, 0.05) is 25.5 Å². The van der Waals surface area contributed by atoms with Gasteiger partial charge in [-0.1, -0.05) is 0 Å². The van der Waals surface area contributed by atoms with Gasteiger partial charge in [0.2, 0.25) is 5.91 Å². The third-order valence-corrected chi connectivity index (χ3v) is 4.22. The maximum Gasteiger partial charge on any atom is 0.246 e. The highest BCUT2D eigenvalue weighted by atomic mass is 16.3. The van der Waals surface area contributed by atoms with Crippen LogP contribution in [0.2, 0.25) is 0 Å². The summed E-state index contributed by atoms with van der Waals surface area (Å²) >= 11 is 0. The molecule has 2 N–H and O–H groups in total. The fourth-order valence-corrected chi connectivity index (χ4v) is 2.95.